The lowest BCUT2D eigenvalue weighted by Gasteiger charge is -2.27. The smallest absolute Gasteiger partial charge is 0.261 e. The van der Waals surface area contributed by atoms with E-state index in [1.54, 1.807) is 12.1 Å². The van der Waals surface area contributed by atoms with Crippen LogP contribution in [0.2, 0.25) is 0 Å². The van der Waals surface area contributed by atoms with E-state index in [9.17, 15) is 13.2 Å². The normalized spacial score (nSPS) is 14.9. The SMILES string of the molecule is Cc1ccc(S(=O)(=O)Nc2c(C)cccc2C)cc1C(=O)N1CCCCC1. The summed E-state index contributed by atoms with van der Waals surface area (Å²) < 4.78 is 28.5. The number of sulfonamides is 1. The van der Waals surface area contributed by atoms with Crippen molar-refractivity contribution in [1.29, 1.82) is 0 Å². The minimum absolute atomic E-state index is 0.0867. The molecule has 1 saturated heterocycles. The summed E-state index contributed by atoms with van der Waals surface area (Å²) in [6.45, 7) is 7.04. The van der Waals surface area contributed by atoms with Crippen LogP contribution < -0.4 is 4.72 Å². The molecule has 0 aromatic heterocycles. The van der Waals surface area contributed by atoms with Crippen LogP contribution in [0, 0.1) is 20.8 Å². The summed E-state index contributed by atoms with van der Waals surface area (Å²) in [4.78, 5) is 14.8. The molecule has 2 aromatic carbocycles. The Morgan fingerprint density at radius 3 is 2.19 bits per heavy atom. The van der Waals surface area contributed by atoms with Crippen LogP contribution in [0.3, 0.4) is 0 Å². The third kappa shape index (κ3) is 4.16. The highest BCUT2D eigenvalue weighted by atomic mass is 32.2. The van der Waals surface area contributed by atoms with Gasteiger partial charge in [0.2, 0.25) is 0 Å². The first kappa shape index (κ1) is 19.4. The summed E-state index contributed by atoms with van der Waals surface area (Å²) in [5, 5.41) is 0. The van der Waals surface area contributed by atoms with E-state index in [2.05, 4.69) is 4.72 Å². The fraction of sp³-hybridized carbons (Fsp3) is 0.381. The van der Waals surface area contributed by atoms with E-state index in [4.69, 9.17) is 0 Å². The molecule has 27 heavy (non-hydrogen) atoms. The summed E-state index contributed by atoms with van der Waals surface area (Å²) in [7, 11) is -3.78. The molecule has 1 N–H and O–H groups in total. The first-order valence-corrected chi connectivity index (χ1v) is 10.8. The van der Waals surface area contributed by atoms with Crippen molar-refractivity contribution in [1.82, 2.24) is 4.90 Å². The summed E-state index contributed by atoms with van der Waals surface area (Å²) in [6, 6.07) is 10.4. The van der Waals surface area contributed by atoms with Gasteiger partial charge < -0.3 is 4.90 Å². The van der Waals surface area contributed by atoms with Gasteiger partial charge in [0.1, 0.15) is 0 Å². The molecular formula is C21H26N2O3S. The molecular weight excluding hydrogens is 360 g/mol. The fourth-order valence-electron chi connectivity index (χ4n) is 3.43. The average Bonchev–Trinajstić information content (AvgIpc) is 2.65. The van der Waals surface area contributed by atoms with Crippen molar-refractivity contribution in [3.8, 4) is 0 Å². The third-order valence-electron chi connectivity index (χ3n) is 5.11. The molecule has 0 radical (unpaired) electrons. The van der Waals surface area contributed by atoms with Gasteiger partial charge in [0.25, 0.3) is 15.9 Å². The number of hydrogen-bond acceptors (Lipinski definition) is 3. The van der Waals surface area contributed by atoms with Crippen molar-refractivity contribution in [2.75, 3.05) is 17.8 Å². The number of carbonyl (C=O) groups excluding carboxylic acids is 1. The zero-order chi connectivity index (χ0) is 19.6. The first-order valence-electron chi connectivity index (χ1n) is 9.28. The molecule has 1 heterocycles. The molecule has 0 atom stereocenters. The number of nitrogens with one attached hydrogen (secondary N) is 1. The summed E-state index contributed by atoms with van der Waals surface area (Å²) in [5.74, 6) is -0.0867. The molecule has 1 aliphatic heterocycles. The molecule has 144 valence electrons. The topological polar surface area (TPSA) is 66.5 Å². The van der Waals surface area contributed by atoms with E-state index < -0.39 is 10.0 Å². The summed E-state index contributed by atoms with van der Waals surface area (Å²) in [5.41, 5.74) is 3.55. The molecule has 0 aliphatic carbocycles. The highest BCUT2D eigenvalue weighted by Gasteiger charge is 2.23. The predicted molar refractivity (Wildman–Crippen MR) is 108 cm³/mol. The molecule has 0 spiro atoms. The highest BCUT2D eigenvalue weighted by Crippen LogP contribution is 2.25. The number of piperidine rings is 1. The standard InChI is InChI=1S/C21H26N2O3S/c1-15-10-11-18(14-19(15)21(24)23-12-5-4-6-13-23)27(25,26)22-20-16(2)8-7-9-17(20)3/h7-11,14,22H,4-6,12-13H2,1-3H3. The predicted octanol–water partition coefficient (Wildman–Crippen LogP) is 4.04. The maximum atomic E-state index is 12.9. The summed E-state index contributed by atoms with van der Waals surface area (Å²) in [6.07, 6.45) is 3.13. The molecule has 0 saturated carbocycles. The third-order valence-corrected chi connectivity index (χ3v) is 6.46. The minimum Gasteiger partial charge on any atom is -0.339 e. The lowest BCUT2D eigenvalue weighted by atomic mass is 10.1. The Morgan fingerprint density at radius 1 is 0.926 bits per heavy atom. The van der Waals surface area contributed by atoms with Gasteiger partial charge in [-0.25, -0.2) is 8.42 Å². The van der Waals surface area contributed by atoms with Crippen LogP contribution in [0.4, 0.5) is 5.69 Å². The second-order valence-electron chi connectivity index (χ2n) is 7.20. The quantitative estimate of drug-likeness (QED) is 0.862. The number of para-hydroxylation sites is 1. The van der Waals surface area contributed by atoms with Gasteiger partial charge in [-0.3, -0.25) is 9.52 Å². The molecule has 6 heteroatoms. The second kappa shape index (κ2) is 7.72. The zero-order valence-corrected chi connectivity index (χ0v) is 16.9. The van der Waals surface area contributed by atoms with Crippen LogP contribution in [0.15, 0.2) is 41.3 Å². The van der Waals surface area contributed by atoms with E-state index in [0.29, 0.717) is 11.3 Å². The maximum Gasteiger partial charge on any atom is 0.261 e. The Bertz CT molecular complexity index is 941. The maximum absolute atomic E-state index is 12.9. The minimum atomic E-state index is -3.78. The summed E-state index contributed by atoms with van der Waals surface area (Å²) >= 11 is 0. The molecule has 0 unspecified atom stereocenters. The molecule has 5 nitrogen and oxygen atoms in total. The van der Waals surface area contributed by atoms with Crippen LogP contribution in [0.5, 0.6) is 0 Å². The lowest BCUT2D eigenvalue weighted by molar-refractivity contribution is 0.0723. The Labute approximate surface area is 161 Å². The van der Waals surface area contributed by atoms with Crippen molar-refractivity contribution in [2.24, 2.45) is 0 Å². The Morgan fingerprint density at radius 2 is 1.56 bits per heavy atom. The van der Waals surface area contributed by atoms with Crippen LogP contribution >= 0.6 is 0 Å². The molecule has 1 fully saturated rings. The van der Waals surface area contributed by atoms with Gasteiger partial charge in [-0.2, -0.15) is 0 Å². The number of hydrogen-bond donors (Lipinski definition) is 1. The largest absolute Gasteiger partial charge is 0.339 e. The lowest BCUT2D eigenvalue weighted by Crippen LogP contribution is -2.36. The number of carbonyl (C=O) groups is 1. The van der Waals surface area contributed by atoms with Crippen LogP contribution in [0.25, 0.3) is 0 Å². The van der Waals surface area contributed by atoms with Gasteiger partial charge in [-0.1, -0.05) is 24.3 Å². The first-order chi connectivity index (χ1) is 12.8. The number of amides is 1. The van der Waals surface area contributed by atoms with Crippen LogP contribution in [-0.4, -0.2) is 32.3 Å². The Kier molecular flexibility index (Phi) is 5.56. The van der Waals surface area contributed by atoms with Gasteiger partial charge in [-0.15, -0.1) is 0 Å². The monoisotopic (exact) mass is 386 g/mol. The van der Waals surface area contributed by atoms with Gasteiger partial charge in [-0.05, 0) is 68.9 Å². The molecule has 1 amide bonds. The van der Waals surface area contributed by atoms with Crippen molar-refractivity contribution >= 4 is 21.6 Å². The Balaban J connectivity index is 1.93. The number of rotatable bonds is 4. The highest BCUT2D eigenvalue weighted by molar-refractivity contribution is 7.92. The number of benzene rings is 2. The van der Waals surface area contributed by atoms with Crippen molar-refractivity contribution in [3.05, 3.63) is 58.7 Å². The number of nitrogens with zero attached hydrogens (tertiary/aromatic N) is 1. The molecule has 1 aliphatic rings. The van der Waals surface area contributed by atoms with Crippen molar-refractivity contribution < 1.29 is 13.2 Å². The van der Waals surface area contributed by atoms with Gasteiger partial charge >= 0.3 is 0 Å². The molecule has 0 bridgehead atoms. The van der Waals surface area contributed by atoms with Crippen molar-refractivity contribution in [3.63, 3.8) is 0 Å². The van der Waals surface area contributed by atoms with Gasteiger partial charge in [0.15, 0.2) is 0 Å². The number of likely N-dealkylation sites (tertiary alicyclic amines) is 1. The van der Waals surface area contributed by atoms with E-state index >= 15 is 0 Å². The van der Waals surface area contributed by atoms with Crippen molar-refractivity contribution in [2.45, 2.75) is 44.9 Å². The second-order valence-corrected chi connectivity index (χ2v) is 8.88. The van der Waals surface area contributed by atoms with Crippen LogP contribution in [0.1, 0.15) is 46.3 Å². The molecule has 3 rings (SSSR count). The van der Waals surface area contributed by atoms with Gasteiger partial charge in [0.05, 0.1) is 10.6 Å². The van der Waals surface area contributed by atoms with E-state index in [0.717, 1.165) is 49.0 Å². The van der Waals surface area contributed by atoms with E-state index in [-0.39, 0.29) is 10.8 Å². The van der Waals surface area contributed by atoms with E-state index in [1.807, 2.05) is 43.9 Å². The number of anilines is 1. The van der Waals surface area contributed by atoms with Crippen LogP contribution in [-0.2, 0) is 10.0 Å². The Hall–Kier alpha value is -2.34. The fourth-order valence-corrected chi connectivity index (χ4v) is 4.66. The zero-order valence-electron chi connectivity index (χ0n) is 16.1. The average molecular weight is 387 g/mol. The van der Waals surface area contributed by atoms with E-state index in [1.165, 1.54) is 6.07 Å². The van der Waals surface area contributed by atoms with Gasteiger partial charge in [0, 0.05) is 18.7 Å². The number of aryl methyl sites for hydroxylation is 3. The molecule has 2 aromatic rings.